The van der Waals surface area contributed by atoms with Crippen LogP contribution >= 0.6 is 0 Å². The van der Waals surface area contributed by atoms with Crippen LogP contribution in [0.4, 0.5) is 5.69 Å². The molecule has 1 fully saturated rings. The Kier molecular flexibility index (Phi) is 3.87. The largest absolute Gasteiger partial charge is 0.382 e. The molecule has 1 aromatic carbocycles. The number of amides is 1. The lowest BCUT2D eigenvalue weighted by atomic mass is 9.91. The molecule has 2 unspecified atom stereocenters. The van der Waals surface area contributed by atoms with Crippen LogP contribution in [-0.2, 0) is 0 Å². The summed E-state index contributed by atoms with van der Waals surface area (Å²) in [5.74, 6) is -0.385. The zero-order chi connectivity index (χ0) is 13.1. The summed E-state index contributed by atoms with van der Waals surface area (Å²) in [5, 5.41) is 3.51. The van der Waals surface area contributed by atoms with Gasteiger partial charge >= 0.3 is 0 Å². The molecule has 0 aromatic heterocycles. The fourth-order valence-corrected chi connectivity index (χ4v) is 2.56. The predicted octanol–water partition coefficient (Wildman–Crippen LogP) is 1.78. The normalized spacial score (nSPS) is 23.7. The third-order valence-electron chi connectivity index (χ3n) is 3.59. The summed E-state index contributed by atoms with van der Waals surface area (Å²) < 4.78 is 0. The lowest BCUT2D eigenvalue weighted by Gasteiger charge is -2.28. The van der Waals surface area contributed by atoms with Crippen LogP contribution in [0.25, 0.3) is 0 Å². The van der Waals surface area contributed by atoms with E-state index in [4.69, 9.17) is 11.5 Å². The molecule has 1 amide bonds. The summed E-state index contributed by atoms with van der Waals surface area (Å²) in [5.41, 5.74) is 13.9. The van der Waals surface area contributed by atoms with Crippen LogP contribution in [0, 0.1) is 6.92 Å². The molecule has 0 bridgehead atoms. The lowest BCUT2D eigenvalue weighted by Crippen LogP contribution is -2.35. The highest BCUT2D eigenvalue weighted by Gasteiger charge is 2.19. The molecule has 1 aliphatic rings. The third kappa shape index (κ3) is 3.01. The minimum atomic E-state index is -0.385. The number of hydrogen-bond acceptors (Lipinski definition) is 3. The number of nitrogens with one attached hydrogen (secondary N) is 1. The second kappa shape index (κ2) is 5.40. The monoisotopic (exact) mass is 247 g/mol. The van der Waals surface area contributed by atoms with Crippen molar-refractivity contribution in [2.45, 2.75) is 44.7 Å². The minimum Gasteiger partial charge on any atom is -0.382 e. The number of carbonyl (C=O) groups excluding carboxylic acids is 1. The summed E-state index contributed by atoms with van der Waals surface area (Å²) >= 11 is 0. The van der Waals surface area contributed by atoms with Gasteiger partial charge in [0.25, 0.3) is 0 Å². The van der Waals surface area contributed by atoms with Crippen LogP contribution in [-0.4, -0.2) is 18.0 Å². The van der Waals surface area contributed by atoms with Gasteiger partial charge in [-0.2, -0.15) is 0 Å². The molecule has 4 nitrogen and oxygen atoms in total. The molecule has 0 spiro atoms. The number of primary amides is 1. The van der Waals surface area contributed by atoms with Gasteiger partial charge in [0, 0.05) is 23.3 Å². The second-order valence-electron chi connectivity index (χ2n) is 5.16. The number of carbonyl (C=O) groups is 1. The van der Waals surface area contributed by atoms with Crippen LogP contribution in [0.2, 0.25) is 0 Å². The molecule has 0 aliphatic heterocycles. The quantitative estimate of drug-likeness (QED) is 0.761. The van der Waals surface area contributed by atoms with Gasteiger partial charge in [-0.05, 0) is 56.4 Å². The van der Waals surface area contributed by atoms with Crippen molar-refractivity contribution in [3.05, 3.63) is 29.3 Å². The van der Waals surface area contributed by atoms with Crippen LogP contribution in [0.15, 0.2) is 18.2 Å². The highest BCUT2D eigenvalue weighted by molar-refractivity contribution is 5.93. The maximum atomic E-state index is 11.1. The minimum absolute atomic E-state index is 0.307. The van der Waals surface area contributed by atoms with E-state index in [-0.39, 0.29) is 5.91 Å². The van der Waals surface area contributed by atoms with E-state index < -0.39 is 0 Å². The SMILES string of the molecule is Cc1cc(C(N)=O)ccc1NC1CCCC(N)C1. The molecule has 4 heteroatoms. The average Bonchev–Trinajstić information content (AvgIpc) is 2.31. The Morgan fingerprint density at radius 1 is 1.39 bits per heavy atom. The average molecular weight is 247 g/mol. The van der Waals surface area contributed by atoms with E-state index >= 15 is 0 Å². The first-order valence-electron chi connectivity index (χ1n) is 6.49. The highest BCUT2D eigenvalue weighted by atomic mass is 16.1. The zero-order valence-corrected chi connectivity index (χ0v) is 10.8. The van der Waals surface area contributed by atoms with Crippen LogP contribution in [0.3, 0.4) is 0 Å². The Hall–Kier alpha value is -1.55. The summed E-state index contributed by atoms with van der Waals surface area (Å²) in [6, 6.07) is 6.26. The second-order valence-corrected chi connectivity index (χ2v) is 5.16. The number of benzene rings is 1. The molecular weight excluding hydrogens is 226 g/mol. The summed E-state index contributed by atoms with van der Waals surface area (Å²) in [4.78, 5) is 11.1. The Labute approximate surface area is 108 Å². The number of aryl methyl sites for hydroxylation is 1. The number of nitrogens with two attached hydrogens (primary N) is 2. The van der Waals surface area contributed by atoms with E-state index in [1.165, 1.54) is 6.42 Å². The van der Waals surface area contributed by atoms with Crippen molar-refractivity contribution in [2.75, 3.05) is 5.32 Å². The Morgan fingerprint density at radius 2 is 2.17 bits per heavy atom. The first kappa shape index (κ1) is 12.9. The Morgan fingerprint density at radius 3 is 2.78 bits per heavy atom. The smallest absolute Gasteiger partial charge is 0.248 e. The number of rotatable bonds is 3. The van der Waals surface area contributed by atoms with Crippen LogP contribution in [0.1, 0.15) is 41.6 Å². The molecule has 1 saturated carbocycles. The standard InChI is InChI=1S/C14H21N3O/c1-9-7-10(14(16)18)5-6-13(9)17-12-4-2-3-11(15)8-12/h5-7,11-12,17H,2-4,8,15H2,1H3,(H2,16,18). The molecule has 1 aromatic rings. The Bertz CT molecular complexity index is 445. The molecule has 0 radical (unpaired) electrons. The van der Waals surface area contributed by atoms with Gasteiger partial charge in [-0.15, -0.1) is 0 Å². The molecular formula is C14H21N3O. The van der Waals surface area contributed by atoms with Gasteiger partial charge in [-0.3, -0.25) is 4.79 Å². The van der Waals surface area contributed by atoms with E-state index in [0.29, 0.717) is 17.6 Å². The Balaban J connectivity index is 2.07. The predicted molar refractivity (Wildman–Crippen MR) is 73.6 cm³/mol. The molecule has 0 heterocycles. The summed E-state index contributed by atoms with van der Waals surface area (Å²) in [7, 11) is 0. The van der Waals surface area contributed by atoms with Crippen molar-refractivity contribution < 1.29 is 4.79 Å². The van der Waals surface area contributed by atoms with Crippen molar-refractivity contribution in [2.24, 2.45) is 11.5 Å². The van der Waals surface area contributed by atoms with Crippen molar-refractivity contribution in [1.82, 2.24) is 0 Å². The van der Waals surface area contributed by atoms with E-state index in [1.807, 2.05) is 19.1 Å². The van der Waals surface area contributed by atoms with E-state index in [0.717, 1.165) is 30.5 Å². The summed E-state index contributed by atoms with van der Waals surface area (Å²) in [6.45, 7) is 1.98. The first-order valence-corrected chi connectivity index (χ1v) is 6.49. The molecule has 0 saturated heterocycles. The van der Waals surface area contributed by atoms with Crippen LogP contribution in [0.5, 0.6) is 0 Å². The highest BCUT2D eigenvalue weighted by Crippen LogP contribution is 2.23. The third-order valence-corrected chi connectivity index (χ3v) is 3.59. The first-order chi connectivity index (χ1) is 8.56. The van der Waals surface area contributed by atoms with Gasteiger partial charge in [0.15, 0.2) is 0 Å². The van der Waals surface area contributed by atoms with Gasteiger partial charge in [-0.1, -0.05) is 0 Å². The molecule has 18 heavy (non-hydrogen) atoms. The van der Waals surface area contributed by atoms with Crippen LogP contribution < -0.4 is 16.8 Å². The fraction of sp³-hybridized carbons (Fsp3) is 0.500. The van der Waals surface area contributed by atoms with E-state index in [1.54, 1.807) is 6.07 Å². The van der Waals surface area contributed by atoms with E-state index in [9.17, 15) is 4.79 Å². The van der Waals surface area contributed by atoms with Gasteiger partial charge in [0.05, 0.1) is 0 Å². The van der Waals surface area contributed by atoms with Crippen molar-refractivity contribution in [1.29, 1.82) is 0 Å². The molecule has 98 valence electrons. The zero-order valence-electron chi connectivity index (χ0n) is 10.8. The van der Waals surface area contributed by atoms with E-state index in [2.05, 4.69) is 5.32 Å². The summed E-state index contributed by atoms with van der Waals surface area (Å²) in [6.07, 6.45) is 4.47. The van der Waals surface area contributed by atoms with Gasteiger partial charge in [0.2, 0.25) is 5.91 Å². The van der Waals surface area contributed by atoms with Gasteiger partial charge < -0.3 is 16.8 Å². The lowest BCUT2D eigenvalue weighted by molar-refractivity contribution is 0.1000. The molecule has 5 N–H and O–H groups in total. The number of hydrogen-bond donors (Lipinski definition) is 3. The fourth-order valence-electron chi connectivity index (χ4n) is 2.56. The van der Waals surface area contributed by atoms with Crippen molar-refractivity contribution in [3.8, 4) is 0 Å². The molecule has 2 atom stereocenters. The maximum absolute atomic E-state index is 11.1. The van der Waals surface area contributed by atoms with Gasteiger partial charge in [-0.25, -0.2) is 0 Å². The van der Waals surface area contributed by atoms with Crippen molar-refractivity contribution >= 4 is 11.6 Å². The maximum Gasteiger partial charge on any atom is 0.248 e. The van der Waals surface area contributed by atoms with Gasteiger partial charge in [0.1, 0.15) is 0 Å². The number of anilines is 1. The topological polar surface area (TPSA) is 81.1 Å². The molecule has 2 rings (SSSR count). The van der Waals surface area contributed by atoms with Crippen molar-refractivity contribution in [3.63, 3.8) is 0 Å². The molecule has 1 aliphatic carbocycles.